The largest absolute Gasteiger partial charge is 0.293 e. The summed E-state index contributed by atoms with van der Waals surface area (Å²) >= 11 is 0. The maximum Gasteiger partial charge on any atom is 0.289 e. The number of aromatic amines is 2. The minimum atomic E-state index is -0.590. The molecule has 0 saturated heterocycles. The van der Waals surface area contributed by atoms with E-state index in [1.54, 1.807) is 6.07 Å². The van der Waals surface area contributed by atoms with Crippen molar-refractivity contribution in [2.24, 2.45) is 5.10 Å². The SMILES string of the molecule is Cc1c(C(=O)N/N=C\c2cccc([N+](=O)[O-])c2)[nH][nH]c1=O. The minimum Gasteiger partial charge on any atom is -0.293 e. The predicted octanol–water partition coefficient (Wildman–Crippen LogP) is 0.684. The van der Waals surface area contributed by atoms with Crippen molar-refractivity contribution >= 4 is 17.8 Å². The normalized spacial score (nSPS) is 10.7. The topological polar surface area (TPSA) is 133 Å². The average Bonchev–Trinajstić information content (AvgIpc) is 2.79. The van der Waals surface area contributed by atoms with Crippen LogP contribution in [0.3, 0.4) is 0 Å². The highest BCUT2D eigenvalue weighted by Crippen LogP contribution is 2.11. The van der Waals surface area contributed by atoms with Gasteiger partial charge in [-0.2, -0.15) is 5.10 Å². The summed E-state index contributed by atoms with van der Waals surface area (Å²) in [5, 5.41) is 19.0. The van der Waals surface area contributed by atoms with Gasteiger partial charge >= 0.3 is 0 Å². The van der Waals surface area contributed by atoms with E-state index in [0.717, 1.165) is 0 Å². The van der Waals surface area contributed by atoms with E-state index in [2.05, 4.69) is 20.7 Å². The zero-order valence-corrected chi connectivity index (χ0v) is 10.9. The number of hydrogen-bond acceptors (Lipinski definition) is 5. The molecular weight excluding hydrogens is 278 g/mol. The van der Waals surface area contributed by atoms with E-state index in [9.17, 15) is 19.7 Å². The van der Waals surface area contributed by atoms with Gasteiger partial charge in [-0.05, 0) is 6.92 Å². The van der Waals surface area contributed by atoms with Crippen LogP contribution in [0.5, 0.6) is 0 Å². The maximum absolute atomic E-state index is 11.7. The summed E-state index contributed by atoms with van der Waals surface area (Å²) in [7, 11) is 0. The number of rotatable bonds is 4. The number of nitrogens with one attached hydrogen (secondary N) is 3. The molecule has 0 radical (unpaired) electrons. The van der Waals surface area contributed by atoms with Crippen molar-refractivity contribution in [1.82, 2.24) is 15.6 Å². The third-order valence-corrected chi connectivity index (χ3v) is 2.70. The number of hydrogen-bond donors (Lipinski definition) is 3. The molecule has 1 heterocycles. The molecule has 1 aromatic carbocycles. The highest BCUT2D eigenvalue weighted by atomic mass is 16.6. The molecule has 0 aliphatic rings. The summed E-state index contributed by atoms with van der Waals surface area (Å²) in [5.74, 6) is -0.590. The molecule has 9 nitrogen and oxygen atoms in total. The lowest BCUT2D eigenvalue weighted by molar-refractivity contribution is -0.384. The predicted molar refractivity (Wildman–Crippen MR) is 74.3 cm³/mol. The zero-order valence-electron chi connectivity index (χ0n) is 10.9. The Labute approximate surface area is 117 Å². The number of H-pyrrole nitrogens is 2. The molecule has 3 N–H and O–H groups in total. The molecule has 0 atom stereocenters. The van der Waals surface area contributed by atoms with Crippen molar-refractivity contribution in [3.8, 4) is 0 Å². The van der Waals surface area contributed by atoms with Crippen LogP contribution in [0.1, 0.15) is 21.6 Å². The van der Waals surface area contributed by atoms with Gasteiger partial charge in [0, 0.05) is 23.3 Å². The Morgan fingerprint density at radius 1 is 1.43 bits per heavy atom. The molecule has 1 aromatic heterocycles. The fraction of sp³-hybridized carbons (Fsp3) is 0.0833. The molecule has 0 fully saturated rings. The third kappa shape index (κ3) is 3.21. The quantitative estimate of drug-likeness (QED) is 0.433. The van der Waals surface area contributed by atoms with Crippen LogP contribution in [0.4, 0.5) is 5.69 Å². The van der Waals surface area contributed by atoms with E-state index in [1.807, 2.05) is 0 Å². The number of amides is 1. The van der Waals surface area contributed by atoms with Gasteiger partial charge in [0.05, 0.1) is 11.1 Å². The molecule has 2 rings (SSSR count). The molecule has 0 aliphatic carbocycles. The Bertz CT molecular complexity index is 774. The van der Waals surface area contributed by atoms with Crippen LogP contribution in [0, 0.1) is 17.0 Å². The summed E-state index contributed by atoms with van der Waals surface area (Å²) in [4.78, 5) is 33.0. The first-order valence-electron chi connectivity index (χ1n) is 5.84. The lowest BCUT2D eigenvalue weighted by Gasteiger charge is -1.97. The van der Waals surface area contributed by atoms with Crippen molar-refractivity contribution in [3.05, 3.63) is 61.6 Å². The number of nitrogens with zero attached hydrogens (tertiary/aromatic N) is 2. The maximum atomic E-state index is 11.7. The number of nitro benzene ring substituents is 1. The van der Waals surface area contributed by atoms with Gasteiger partial charge in [-0.3, -0.25) is 29.9 Å². The number of carbonyl (C=O) groups excluding carboxylic acids is 1. The lowest BCUT2D eigenvalue weighted by atomic mass is 10.2. The summed E-state index contributed by atoms with van der Waals surface area (Å²) < 4.78 is 0. The van der Waals surface area contributed by atoms with Crippen LogP contribution in [-0.2, 0) is 0 Å². The summed E-state index contributed by atoms with van der Waals surface area (Å²) in [5.41, 5.74) is 2.55. The van der Waals surface area contributed by atoms with Gasteiger partial charge in [0.1, 0.15) is 5.69 Å². The van der Waals surface area contributed by atoms with Crippen LogP contribution < -0.4 is 11.0 Å². The minimum absolute atomic E-state index is 0.0731. The van der Waals surface area contributed by atoms with Crippen LogP contribution in [-0.4, -0.2) is 27.2 Å². The molecule has 0 spiro atoms. The van der Waals surface area contributed by atoms with Gasteiger partial charge in [-0.25, -0.2) is 5.43 Å². The molecule has 0 aliphatic heterocycles. The smallest absolute Gasteiger partial charge is 0.289 e. The second-order valence-corrected chi connectivity index (χ2v) is 4.13. The van der Waals surface area contributed by atoms with Crippen molar-refractivity contribution in [2.75, 3.05) is 0 Å². The van der Waals surface area contributed by atoms with Gasteiger partial charge in [0.15, 0.2) is 0 Å². The first kappa shape index (κ1) is 14.2. The van der Waals surface area contributed by atoms with Gasteiger partial charge in [-0.15, -0.1) is 0 Å². The van der Waals surface area contributed by atoms with Crippen LogP contribution >= 0.6 is 0 Å². The summed E-state index contributed by atoms with van der Waals surface area (Å²) in [6.45, 7) is 1.49. The first-order chi connectivity index (χ1) is 9.99. The van der Waals surface area contributed by atoms with Gasteiger partial charge in [-0.1, -0.05) is 12.1 Å². The highest BCUT2D eigenvalue weighted by Gasteiger charge is 2.12. The molecular formula is C12H11N5O4. The average molecular weight is 289 g/mol. The molecule has 2 aromatic rings. The summed E-state index contributed by atoms with van der Waals surface area (Å²) in [6, 6.07) is 5.78. The molecule has 0 saturated carbocycles. The Morgan fingerprint density at radius 3 is 2.81 bits per heavy atom. The molecule has 0 bridgehead atoms. The van der Waals surface area contributed by atoms with Gasteiger partial charge in [0.2, 0.25) is 0 Å². The molecule has 1 amide bonds. The number of aromatic nitrogens is 2. The van der Waals surface area contributed by atoms with Gasteiger partial charge < -0.3 is 0 Å². The second kappa shape index (κ2) is 5.82. The van der Waals surface area contributed by atoms with Crippen molar-refractivity contribution in [1.29, 1.82) is 0 Å². The number of non-ortho nitro benzene ring substituents is 1. The second-order valence-electron chi connectivity index (χ2n) is 4.13. The fourth-order valence-corrected chi connectivity index (χ4v) is 1.59. The van der Waals surface area contributed by atoms with E-state index in [-0.39, 0.29) is 22.5 Å². The van der Waals surface area contributed by atoms with E-state index in [1.165, 1.54) is 31.3 Å². The van der Waals surface area contributed by atoms with Gasteiger partial charge in [0.25, 0.3) is 17.2 Å². The number of benzene rings is 1. The Kier molecular flexibility index (Phi) is 3.93. The summed E-state index contributed by atoms with van der Waals surface area (Å²) in [6.07, 6.45) is 1.27. The Balaban J connectivity index is 2.07. The van der Waals surface area contributed by atoms with Crippen molar-refractivity contribution in [2.45, 2.75) is 6.92 Å². The Hall–Kier alpha value is -3.23. The molecule has 0 unspecified atom stereocenters. The van der Waals surface area contributed by atoms with E-state index < -0.39 is 10.8 Å². The van der Waals surface area contributed by atoms with Crippen molar-refractivity contribution < 1.29 is 9.72 Å². The van der Waals surface area contributed by atoms with Crippen LogP contribution in [0.2, 0.25) is 0 Å². The number of carbonyl (C=O) groups is 1. The highest BCUT2D eigenvalue weighted by molar-refractivity contribution is 5.94. The molecule has 21 heavy (non-hydrogen) atoms. The monoisotopic (exact) mass is 289 g/mol. The fourth-order valence-electron chi connectivity index (χ4n) is 1.59. The molecule has 108 valence electrons. The Morgan fingerprint density at radius 2 is 2.19 bits per heavy atom. The third-order valence-electron chi connectivity index (χ3n) is 2.70. The zero-order chi connectivity index (χ0) is 15.4. The van der Waals surface area contributed by atoms with E-state index in [0.29, 0.717) is 5.56 Å². The molecule has 9 heteroatoms. The van der Waals surface area contributed by atoms with Crippen molar-refractivity contribution in [3.63, 3.8) is 0 Å². The standard InChI is InChI=1S/C12H11N5O4/c1-7-10(14-16-11(7)18)12(19)15-13-6-8-3-2-4-9(5-8)17(20)21/h2-6H,1H3,(H,15,19)(H2,14,16,18)/b13-6-. The lowest BCUT2D eigenvalue weighted by Crippen LogP contribution is -2.19. The van der Waals surface area contributed by atoms with E-state index >= 15 is 0 Å². The number of hydrazone groups is 1. The van der Waals surface area contributed by atoms with Crippen LogP contribution in [0.15, 0.2) is 34.2 Å². The number of nitro groups is 1. The van der Waals surface area contributed by atoms with E-state index in [4.69, 9.17) is 0 Å². The van der Waals surface area contributed by atoms with Crippen LogP contribution in [0.25, 0.3) is 0 Å². The first-order valence-corrected chi connectivity index (χ1v) is 5.84.